The van der Waals surface area contributed by atoms with Gasteiger partial charge in [0, 0.05) is 37.0 Å². The summed E-state index contributed by atoms with van der Waals surface area (Å²) in [5.41, 5.74) is 0.101. The quantitative estimate of drug-likeness (QED) is 0.784. The molecule has 3 heterocycles. The molecule has 0 saturated carbocycles. The van der Waals surface area contributed by atoms with Crippen LogP contribution in [0.3, 0.4) is 0 Å². The van der Waals surface area contributed by atoms with Crippen LogP contribution in [0.15, 0.2) is 42.7 Å². The minimum Gasteiger partial charge on any atom is -0.497 e. The SMILES string of the molecule is COc1ccc(C(=O)C2CCN(C(=O)C3(n4cccn4)CCNCC3)CC2)cc1. The van der Waals surface area contributed by atoms with Gasteiger partial charge in [0.2, 0.25) is 0 Å². The van der Waals surface area contributed by atoms with Gasteiger partial charge in [-0.2, -0.15) is 5.10 Å². The summed E-state index contributed by atoms with van der Waals surface area (Å²) in [5, 5.41) is 7.74. The number of nitrogens with one attached hydrogen (secondary N) is 1. The first kappa shape index (κ1) is 19.6. The Balaban J connectivity index is 1.43. The van der Waals surface area contributed by atoms with E-state index < -0.39 is 5.54 Å². The number of hydrogen-bond donors (Lipinski definition) is 1. The lowest BCUT2D eigenvalue weighted by Gasteiger charge is -2.42. The number of Topliss-reactive ketones (excluding diaryl/α,β-unsaturated/α-hetero) is 1. The van der Waals surface area contributed by atoms with Crippen LogP contribution >= 0.6 is 0 Å². The second-order valence-electron chi connectivity index (χ2n) is 7.89. The summed E-state index contributed by atoms with van der Waals surface area (Å²) >= 11 is 0. The summed E-state index contributed by atoms with van der Waals surface area (Å²) < 4.78 is 7.00. The van der Waals surface area contributed by atoms with Gasteiger partial charge in [-0.25, -0.2) is 0 Å². The number of carbonyl (C=O) groups excluding carboxylic acids is 2. The molecule has 0 atom stereocenters. The summed E-state index contributed by atoms with van der Waals surface area (Å²) in [4.78, 5) is 28.3. The lowest BCUT2D eigenvalue weighted by Crippen LogP contribution is -2.57. The van der Waals surface area contributed by atoms with E-state index in [2.05, 4.69) is 10.4 Å². The average Bonchev–Trinajstić information content (AvgIpc) is 3.34. The van der Waals surface area contributed by atoms with Crippen molar-refractivity contribution in [1.29, 1.82) is 0 Å². The van der Waals surface area contributed by atoms with E-state index in [0.29, 0.717) is 31.5 Å². The number of rotatable bonds is 5. The summed E-state index contributed by atoms with van der Waals surface area (Å²) in [7, 11) is 1.61. The molecule has 0 aliphatic carbocycles. The molecule has 0 bridgehead atoms. The van der Waals surface area contributed by atoms with Gasteiger partial charge in [-0.05, 0) is 69.1 Å². The van der Waals surface area contributed by atoms with Crippen LogP contribution in [-0.4, -0.2) is 59.7 Å². The van der Waals surface area contributed by atoms with Gasteiger partial charge >= 0.3 is 0 Å². The van der Waals surface area contributed by atoms with Crippen LogP contribution in [-0.2, 0) is 10.3 Å². The van der Waals surface area contributed by atoms with E-state index in [4.69, 9.17) is 4.74 Å². The van der Waals surface area contributed by atoms with Crippen molar-refractivity contribution in [2.75, 3.05) is 33.3 Å². The van der Waals surface area contributed by atoms with Crippen molar-refractivity contribution in [3.63, 3.8) is 0 Å². The topological polar surface area (TPSA) is 76.5 Å². The number of ether oxygens (including phenoxy) is 1. The molecule has 1 amide bonds. The van der Waals surface area contributed by atoms with Crippen molar-refractivity contribution >= 4 is 11.7 Å². The van der Waals surface area contributed by atoms with Gasteiger partial charge in [0.15, 0.2) is 5.78 Å². The molecular weight excluding hydrogens is 368 g/mol. The molecule has 2 saturated heterocycles. The Kier molecular flexibility index (Phi) is 5.67. The number of nitrogens with zero attached hydrogens (tertiary/aromatic N) is 3. The van der Waals surface area contributed by atoms with Gasteiger partial charge in [-0.3, -0.25) is 14.3 Å². The smallest absolute Gasteiger partial charge is 0.250 e. The Bertz CT molecular complexity index is 833. The highest BCUT2D eigenvalue weighted by Gasteiger charge is 2.45. The lowest BCUT2D eigenvalue weighted by molar-refractivity contribution is -0.144. The van der Waals surface area contributed by atoms with Gasteiger partial charge in [0.05, 0.1) is 7.11 Å². The lowest BCUT2D eigenvalue weighted by atomic mass is 9.84. The number of piperidine rings is 2. The predicted octanol–water partition coefficient (Wildman–Crippen LogP) is 2.09. The maximum atomic E-state index is 13.5. The first-order chi connectivity index (χ1) is 14.1. The molecule has 0 radical (unpaired) electrons. The first-order valence-corrected chi connectivity index (χ1v) is 10.3. The van der Waals surface area contributed by atoms with E-state index in [1.165, 1.54) is 0 Å². The molecule has 0 spiro atoms. The molecule has 2 fully saturated rings. The number of methoxy groups -OCH3 is 1. The molecule has 7 heteroatoms. The van der Waals surface area contributed by atoms with E-state index in [1.807, 2.05) is 46.1 Å². The van der Waals surface area contributed by atoms with Crippen molar-refractivity contribution in [2.24, 2.45) is 5.92 Å². The van der Waals surface area contributed by atoms with Crippen LogP contribution in [0.4, 0.5) is 0 Å². The Hall–Kier alpha value is -2.67. The molecule has 154 valence electrons. The summed E-state index contributed by atoms with van der Waals surface area (Å²) in [6, 6.07) is 9.14. The minimum absolute atomic E-state index is 0.0406. The van der Waals surface area contributed by atoms with Crippen LogP contribution in [0.5, 0.6) is 5.75 Å². The van der Waals surface area contributed by atoms with Crippen LogP contribution in [0, 0.1) is 5.92 Å². The molecule has 0 unspecified atom stereocenters. The van der Waals surface area contributed by atoms with Crippen LogP contribution in [0.1, 0.15) is 36.0 Å². The normalized spacial score (nSPS) is 19.7. The van der Waals surface area contributed by atoms with Crippen LogP contribution < -0.4 is 10.1 Å². The Morgan fingerprint density at radius 2 is 1.83 bits per heavy atom. The molecule has 29 heavy (non-hydrogen) atoms. The highest BCUT2D eigenvalue weighted by Crippen LogP contribution is 2.32. The number of aromatic nitrogens is 2. The zero-order valence-electron chi connectivity index (χ0n) is 16.8. The standard InChI is InChI=1S/C22H28N4O3/c1-29-19-5-3-17(4-6-19)20(27)18-7-15-25(16-8-18)21(28)22(9-12-23-13-10-22)26-14-2-11-24-26/h2-6,11,14,18,23H,7-10,12-13,15-16H2,1H3. The fourth-order valence-electron chi connectivity index (χ4n) is 4.53. The van der Waals surface area contributed by atoms with Crippen LogP contribution in [0.25, 0.3) is 0 Å². The second kappa shape index (κ2) is 8.37. The van der Waals surface area contributed by atoms with E-state index in [0.717, 1.165) is 31.7 Å². The molecule has 1 N–H and O–H groups in total. The van der Waals surface area contributed by atoms with Crippen LogP contribution in [0.2, 0.25) is 0 Å². The van der Waals surface area contributed by atoms with E-state index in [1.54, 1.807) is 13.3 Å². The number of likely N-dealkylation sites (tertiary alicyclic amines) is 1. The van der Waals surface area contributed by atoms with Crippen molar-refractivity contribution in [3.05, 3.63) is 48.3 Å². The van der Waals surface area contributed by atoms with Gasteiger partial charge in [0.1, 0.15) is 11.3 Å². The second-order valence-corrected chi connectivity index (χ2v) is 7.89. The summed E-state index contributed by atoms with van der Waals surface area (Å²) in [6.45, 7) is 2.83. The van der Waals surface area contributed by atoms with E-state index >= 15 is 0 Å². The molecule has 2 aromatic rings. The monoisotopic (exact) mass is 396 g/mol. The zero-order chi connectivity index (χ0) is 20.3. The first-order valence-electron chi connectivity index (χ1n) is 10.3. The van der Waals surface area contributed by atoms with Gasteiger partial charge in [-0.15, -0.1) is 0 Å². The van der Waals surface area contributed by atoms with Crippen molar-refractivity contribution in [1.82, 2.24) is 20.0 Å². The number of ketones is 1. The van der Waals surface area contributed by atoms with E-state index in [-0.39, 0.29) is 17.6 Å². The number of carbonyl (C=O) groups is 2. The number of hydrogen-bond acceptors (Lipinski definition) is 5. The summed E-state index contributed by atoms with van der Waals surface area (Å²) in [6.07, 6.45) is 6.49. The van der Waals surface area contributed by atoms with Crippen molar-refractivity contribution in [3.8, 4) is 5.75 Å². The largest absolute Gasteiger partial charge is 0.497 e. The Morgan fingerprint density at radius 3 is 2.41 bits per heavy atom. The predicted molar refractivity (Wildman–Crippen MR) is 109 cm³/mol. The zero-order valence-corrected chi connectivity index (χ0v) is 16.8. The minimum atomic E-state index is -0.610. The third-order valence-electron chi connectivity index (χ3n) is 6.30. The highest BCUT2D eigenvalue weighted by atomic mass is 16.5. The molecule has 1 aromatic carbocycles. The van der Waals surface area contributed by atoms with Gasteiger partial charge < -0.3 is 15.0 Å². The maximum absolute atomic E-state index is 13.5. The molecule has 1 aromatic heterocycles. The Labute approximate surface area is 171 Å². The summed E-state index contributed by atoms with van der Waals surface area (Å²) in [5.74, 6) is 0.996. The number of benzene rings is 1. The fraction of sp³-hybridized carbons (Fsp3) is 0.500. The maximum Gasteiger partial charge on any atom is 0.250 e. The third-order valence-corrected chi connectivity index (χ3v) is 6.30. The third kappa shape index (κ3) is 3.79. The fourth-order valence-corrected chi connectivity index (χ4v) is 4.53. The molecular formula is C22H28N4O3. The van der Waals surface area contributed by atoms with Crippen molar-refractivity contribution < 1.29 is 14.3 Å². The van der Waals surface area contributed by atoms with Gasteiger partial charge in [0.25, 0.3) is 5.91 Å². The molecule has 7 nitrogen and oxygen atoms in total. The molecule has 2 aliphatic rings. The van der Waals surface area contributed by atoms with E-state index in [9.17, 15) is 9.59 Å². The van der Waals surface area contributed by atoms with Crippen molar-refractivity contribution in [2.45, 2.75) is 31.2 Å². The molecule has 4 rings (SSSR count). The van der Waals surface area contributed by atoms with Gasteiger partial charge in [-0.1, -0.05) is 0 Å². The molecule has 2 aliphatic heterocycles. The number of amides is 1. The average molecular weight is 396 g/mol. The Morgan fingerprint density at radius 1 is 1.14 bits per heavy atom. The highest BCUT2D eigenvalue weighted by molar-refractivity contribution is 5.98.